The third-order valence-corrected chi connectivity index (χ3v) is 3.01. The molecular weight excluding hydrogens is 168 g/mol. The summed E-state index contributed by atoms with van der Waals surface area (Å²) in [4.78, 5) is 0. The Hall–Kier alpha value is -0.120. The van der Waals surface area contributed by atoms with Crippen molar-refractivity contribution < 1.29 is 14.9 Å². The van der Waals surface area contributed by atoms with E-state index < -0.39 is 12.2 Å². The summed E-state index contributed by atoms with van der Waals surface area (Å²) in [6, 6.07) is 0. The first-order chi connectivity index (χ1) is 6.11. The maximum absolute atomic E-state index is 9.72. The Morgan fingerprint density at radius 2 is 1.54 bits per heavy atom. The molecule has 0 spiro atoms. The van der Waals surface area contributed by atoms with Gasteiger partial charge in [-0.2, -0.15) is 0 Å². The second-order valence-corrected chi connectivity index (χ2v) is 3.87. The van der Waals surface area contributed by atoms with Crippen LogP contribution in [0, 0.1) is 5.92 Å². The van der Waals surface area contributed by atoms with Crippen molar-refractivity contribution in [3.63, 3.8) is 0 Å². The number of hydrogen-bond acceptors (Lipinski definition) is 3. The lowest BCUT2D eigenvalue weighted by atomic mass is 9.86. The summed E-state index contributed by atoms with van der Waals surface area (Å²) in [7, 11) is 0. The van der Waals surface area contributed by atoms with E-state index >= 15 is 0 Å². The van der Waals surface area contributed by atoms with Gasteiger partial charge in [-0.05, 0) is 12.8 Å². The minimum absolute atomic E-state index is 0.0304. The Balaban J connectivity index is 2.66. The van der Waals surface area contributed by atoms with Gasteiger partial charge in [-0.3, -0.25) is 0 Å². The molecule has 0 amide bonds. The summed E-state index contributed by atoms with van der Waals surface area (Å²) in [6.45, 7) is 5.93. The van der Waals surface area contributed by atoms with Crippen LogP contribution in [0.25, 0.3) is 0 Å². The normalized spacial score (nSPS) is 46.4. The van der Waals surface area contributed by atoms with Crippen LogP contribution in [0.15, 0.2) is 0 Å². The molecule has 78 valence electrons. The summed E-state index contributed by atoms with van der Waals surface area (Å²) in [5.41, 5.74) is 0. The molecule has 1 rings (SSSR count). The topological polar surface area (TPSA) is 49.7 Å². The largest absolute Gasteiger partial charge is 0.390 e. The van der Waals surface area contributed by atoms with Gasteiger partial charge in [0.2, 0.25) is 0 Å². The molecule has 0 aromatic carbocycles. The van der Waals surface area contributed by atoms with Crippen LogP contribution in [0.1, 0.15) is 33.6 Å². The Bertz CT molecular complexity index is 140. The molecule has 2 unspecified atom stereocenters. The number of aliphatic hydroxyl groups excluding tert-OH is 2. The standard InChI is InChI=1S/C10H20O3/c1-4-7-6(3)9(11)10(12)8(5-2)13-7/h6-12H,4-5H2,1-3H3/t6-,7?,8?,9-,10-/m1/s1. The number of aliphatic hydroxyl groups is 2. The second-order valence-electron chi connectivity index (χ2n) is 3.87. The molecule has 3 nitrogen and oxygen atoms in total. The average Bonchev–Trinajstić information content (AvgIpc) is 2.15. The van der Waals surface area contributed by atoms with Crippen LogP contribution in [0.4, 0.5) is 0 Å². The molecule has 1 heterocycles. The van der Waals surface area contributed by atoms with Gasteiger partial charge in [0.05, 0.1) is 18.3 Å². The fraction of sp³-hybridized carbons (Fsp3) is 1.00. The lowest BCUT2D eigenvalue weighted by molar-refractivity contribution is -0.196. The summed E-state index contributed by atoms with van der Waals surface area (Å²) in [5, 5.41) is 19.4. The van der Waals surface area contributed by atoms with Gasteiger partial charge in [0, 0.05) is 5.92 Å². The summed E-state index contributed by atoms with van der Waals surface area (Å²) in [6.07, 6.45) is 0.175. The molecule has 0 aromatic rings. The van der Waals surface area contributed by atoms with Gasteiger partial charge in [-0.15, -0.1) is 0 Å². The molecule has 5 atom stereocenters. The summed E-state index contributed by atoms with van der Waals surface area (Å²) >= 11 is 0. The van der Waals surface area contributed by atoms with Crippen LogP contribution in [-0.2, 0) is 4.74 Å². The molecule has 1 aliphatic rings. The van der Waals surface area contributed by atoms with E-state index in [1.165, 1.54) is 0 Å². The third-order valence-electron chi connectivity index (χ3n) is 3.01. The van der Waals surface area contributed by atoms with E-state index in [1.807, 2.05) is 20.8 Å². The van der Waals surface area contributed by atoms with Crippen molar-refractivity contribution in [2.45, 2.75) is 58.0 Å². The van der Waals surface area contributed by atoms with Crippen LogP contribution >= 0.6 is 0 Å². The maximum Gasteiger partial charge on any atom is 0.106 e. The molecule has 2 N–H and O–H groups in total. The van der Waals surface area contributed by atoms with Crippen LogP contribution in [0.5, 0.6) is 0 Å². The van der Waals surface area contributed by atoms with Crippen molar-refractivity contribution >= 4 is 0 Å². The van der Waals surface area contributed by atoms with Crippen molar-refractivity contribution in [3.05, 3.63) is 0 Å². The smallest absolute Gasteiger partial charge is 0.106 e. The van der Waals surface area contributed by atoms with E-state index in [0.29, 0.717) is 0 Å². The highest BCUT2D eigenvalue weighted by atomic mass is 16.5. The molecule has 0 aliphatic carbocycles. The highest BCUT2D eigenvalue weighted by molar-refractivity contribution is 4.88. The highest BCUT2D eigenvalue weighted by Gasteiger charge is 2.40. The van der Waals surface area contributed by atoms with Crippen LogP contribution in [-0.4, -0.2) is 34.6 Å². The van der Waals surface area contributed by atoms with E-state index in [4.69, 9.17) is 4.74 Å². The molecule has 0 saturated carbocycles. The average molecular weight is 188 g/mol. The minimum Gasteiger partial charge on any atom is -0.390 e. The van der Waals surface area contributed by atoms with Crippen LogP contribution in [0.3, 0.4) is 0 Å². The van der Waals surface area contributed by atoms with Gasteiger partial charge in [-0.1, -0.05) is 20.8 Å². The van der Waals surface area contributed by atoms with Gasteiger partial charge in [0.1, 0.15) is 6.10 Å². The van der Waals surface area contributed by atoms with Crippen molar-refractivity contribution in [1.29, 1.82) is 0 Å². The van der Waals surface area contributed by atoms with Crippen LogP contribution in [0.2, 0.25) is 0 Å². The van der Waals surface area contributed by atoms with Crippen molar-refractivity contribution in [2.24, 2.45) is 5.92 Å². The monoisotopic (exact) mass is 188 g/mol. The zero-order chi connectivity index (χ0) is 10.0. The van der Waals surface area contributed by atoms with E-state index in [0.717, 1.165) is 12.8 Å². The van der Waals surface area contributed by atoms with E-state index in [1.54, 1.807) is 0 Å². The minimum atomic E-state index is -0.720. The van der Waals surface area contributed by atoms with Crippen LogP contribution < -0.4 is 0 Å². The fourth-order valence-electron chi connectivity index (χ4n) is 1.99. The van der Waals surface area contributed by atoms with E-state index in [2.05, 4.69) is 0 Å². The van der Waals surface area contributed by atoms with Gasteiger partial charge >= 0.3 is 0 Å². The predicted molar refractivity (Wildman–Crippen MR) is 50.4 cm³/mol. The first-order valence-electron chi connectivity index (χ1n) is 5.13. The molecule has 0 aromatic heterocycles. The quantitative estimate of drug-likeness (QED) is 0.678. The molecule has 0 bridgehead atoms. The molecule has 13 heavy (non-hydrogen) atoms. The Morgan fingerprint density at radius 3 is 2.00 bits per heavy atom. The van der Waals surface area contributed by atoms with Crippen molar-refractivity contribution in [2.75, 3.05) is 0 Å². The fourth-order valence-corrected chi connectivity index (χ4v) is 1.99. The first kappa shape index (κ1) is 11.0. The number of hydrogen-bond donors (Lipinski definition) is 2. The molecule has 0 radical (unpaired) electrons. The molecular formula is C10H20O3. The van der Waals surface area contributed by atoms with Crippen molar-refractivity contribution in [1.82, 2.24) is 0 Å². The number of ether oxygens (including phenoxy) is 1. The van der Waals surface area contributed by atoms with Gasteiger partial charge in [0.15, 0.2) is 0 Å². The van der Waals surface area contributed by atoms with E-state index in [-0.39, 0.29) is 18.1 Å². The summed E-state index contributed by atoms with van der Waals surface area (Å²) < 4.78 is 5.67. The summed E-state index contributed by atoms with van der Waals surface area (Å²) in [5.74, 6) is 0.0304. The first-order valence-corrected chi connectivity index (χ1v) is 5.13. The highest BCUT2D eigenvalue weighted by Crippen LogP contribution is 2.28. The zero-order valence-electron chi connectivity index (χ0n) is 8.60. The second kappa shape index (κ2) is 4.40. The lowest BCUT2D eigenvalue weighted by Gasteiger charge is -2.41. The molecule has 3 heteroatoms. The zero-order valence-corrected chi connectivity index (χ0v) is 8.60. The third kappa shape index (κ3) is 2.03. The van der Waals surface area contributed by atoms with Gasteiger partial charge in [-0.25, -0.2) is 0 Å². The SMILES string of the molecule is CCC1OC(CC)[C@@H](O)[C@H](O)[C@@H]1C. The van der Waals surface area contributed by atoms with Gasteiger partial charge < -0.3 is 14.9 Å². The molecule has 1 fully saturated rings. The Kier molecular flexibility index (Phi) is 3.71. The Labute approximate surface area is 79.7 Å². The number of rotatable bonds is 2. The molecule has 1 aliphatic heterocycles. The maximum atomic E-state index is 9.72. The lowest BCUT2D eigenvalue weighted by Crippen LogP contribution is -2.52. The van der Waals surface area contributed by atoms with Gasteiger partial charge in [0.25, 0.3) is 0 Å². The Morgan fingerprint density at radius 1 is 1.00 bits per heavy atom. The molecule has 1 saturated heterocycles. The van der Waals surface area contributed by atoms with E-state index in [9.17, 15) is 10.2 Å². The predicted octanol–water partition coefficient (Wildman–Crippen LogP) is 0.932. The van der Waals surface area contributed by atoms with Crippen molar-refractivity contribution in [3.8, 4) is 0 Å².